The molecule has 2 aliphatic rings. The van der Waals surface area contributed by atoms with Crippen LogP contribution in [-0.4, -0.2) is 25.1 Å². The normalized spacial score (nSPS) is 29.4. The van der Waals surface area contributed by atoms with Crippen molar-refractivity contribution in [3.63, 3.8) is 0 Å². The lowest BCUT2D eigenvalue weighted by molar-refractivity contribution is 0.0959. The molecule has 1 aliphatic heterocycles. The summed E-state index contributed by atoms with van der Waals surface area (Å²) >= 11 is 0. The molecule has 1 atom stereocenters. The van der Waals surface area contributed by atoms with E-state index in [4.69, 9.17) is 10.5 Å². The Labute approximate surface area is 73.0 Å². The van der Waals surface area contributed by atoms with Crippen molar-refractivity contribution in [3.05, 3.63) is 0 Å². The molecule has 0 bridgehead atoms. The summed E-state index contributed by atoms with van der Waals surface area (Å²) < 4.78 is 5.68. The molecule has 0 saturated heterocycles. The van der Waals surface area contributed by atoms with E-state index in [0.29, 0.717) is 12.6 Å². The summed E-state index contributed by atoms with van der Waals surface area (Å²) in [5, 5.41) is 0. The Balaban J connectivity index is 1.77. The van der Waals surface area contributed by atoms with Crippen molar-refractivity contribution >= 4 is 5.90 Å². The molecule has 0 amide bonds. The fraction of sp³-hybridized carbons (Fsp3) is 0.889. The van der Waals surface area contributed by atoms with Crippen molar-refractivity contribution in [2.45, 2.75) is 31.8 Å². The lowest BCUT2D eigenvalue weighted by Gasteiger charge is -2.30. The second-order valence-electron chi connectivity index (χ2n) is 3.62. The number of rotatable bonds is 3. The van der Waals surface area contributed by atoms with Gasteiger partial charge in [0, 0.05) is 13.0 Å². The molecule has 3 heteroatoms. The van der Waals surface area contributed by atoms with Gasteiger partial charge in [-0.25, -0.2) is 0 Å². The summed E-state index contributed by atoms with van der Waals surface area (Å²) in [5.74, 6) is 1.67. The smallest absolute Gasteiger partial charge is 0.185 e. The monoisotopic (exact) mass is 168 g/mol. The molecule has 0 aromatic rings. The third-order valence-electron chi connectivity index (χ3n) is 2.77. The molecular weight excluding hydrogens is 152 g/mol. The zero-order valence-electron chi connectivity index (χ0n) is 7.33. The molecule has 2 N–H and O–H groups in total. The largest absolute Gasteiger partial charge is 0.475 e. The Morgan fingerprint density at radius 1 is 1.50 bits per heavy atom. The highest BCUT2D eigenvalue weighted by molar-refractivity contribution is 5.77. The summed E-state index contributed by atoms with van der Waals surface area (Å²) in [5.41, 5.74) is 5.42. The highest BCUT2D eigenvalue weighted by Gasteiger charge is 2.32. The average molecular weight is 168 g/mol. The van der Waals surface area contributed by atoms with E-state index < -0.39 is 0 Å². The number of ether oxygens (including phenoxy) is 1. The highest BCUT2D eigenvalue weighted by Crippen LogP contribution is 2.33. The number of hydrogen-bond donors (Lipinski definition) is 1. The standard InChI is InChI=1S/C9H16N2O/c10-5-4-9-11-6-8(12-9)7-2-1-3-7/h7-8H,1-6,10H2. The molecule has 0 aromatic carbocycles. The molecule has 0 aromatic heterocycles. The van der Waals surface area contributed by atoms with E-state index in [9.17, 15) is 0 Å². The quantitative estimate of drug-likeness (QED) is 0.681. The topological polar surface area (TPSA) is 47.6 Å². The first-order valence-corrected chi connectivity index (χ1v) is 4.80. The van der Waals surface area contributed by atoms with Crippen LogP contribution in [0.1, 0.15) is 25.7 Å². The van der Waals surface area contributed by atoms with Crippen molar-refractivity contribution in [3.8, 4) is 0 Å². The second kappa shape index (κ2) is 3.44. The van der Waals surface area contributed by atoms with Crippen LogP contribution in [0.15, 0.2) is 4.99 Å². The van der Waals surface area contributed by atoms with Gasteiger partial charge in [-0.05, 0) is 18.8 Å². The molecule has 0 radical (unpaired) electrons. The summed E-state index contributed by atoms with van der Waals surface area (Å²) in [4.78, 5) is 4.32. The third-order valence-corrected chi connectivity index (χ3v) is 2.77. The van der Waals surface area contributed by atoms with Crippen LogP contribution in [-0.2, 0) is 4.74 Å². The molecule has 0 spiro atoms. The molecule has 1 unspecified atom stereocenters. The van der Waals surface area contributed by atoms with Crippen LogP contribution in [0, 0.1) is 5.92 Å². The van der Waals surface area contributed by atoms with Crippen molar-refractivity contribution in [1.82, 2.24) is 0 Å². The Morgan fingerprint density at radius 2 is 2.33 bits per heavy atom. The van der Waals surface area contributed by atoms with Crippen LogP contribution in [0.5, 0.6) is 0 Å². The van der Waals surface area contributed by atoms with Gasteiger partial charge in [0.1, 0.15) is 6.10 Å². The van der Waals surface area contributed by atoms with Crippen LogP contribution in [0.4, 0.5) is 0 Å². The van der Waals surface area contributed by atoms with E-state index in [1.54, 1.807) is 0 Å². The minimum absolute atomic E-state index is 0.389. The van der Waals surface area contributed by atoms with E-state index in [0.717, 1.165) is 24.8 Å². The minimum Gasteiger partial charge on any atom is -0.475 e. The molecule has 3 nitrogen and oxygen atoms in total. The van der Waals surface area contributed by atoms with Crippen LogP contribution in [0.3, 0.4) is 0 Å². The second-order valence-corrected chi connectivity index (χ2v) is 3.62. The zero-order valence-corrected chi connectivity index (χ0v) is 7.33. The summed E-state index contributed by atoms with van der Waals surface area (Å²) in [6.07, 6.45) is 5.23. The first-order chi connectivity index (χ1) is 5.90. The molecule has 1 heterocycles. The number of nitrogens with zero attached hydrogens (tertiary/aromatic N) is 1. The lowest BCUT2D eigenvalue weighted by atomic mass is 9.81. The number of nitrogens with two attached hydrogens (primary N) is 1. The molecule has 1 fully saturated rings. The number of hydrogen-bond acceptors (Lipinski definition) is 3. The maximum Gasteiger partial charge on any atom is 0.185 e. The van der Waals surface area contributed by atoms with Crippen LogP contribution in [0.2, 0.25) is 0 Å². The van der Waals surface area contributed by atoms with E-state index in [-0.39, 0.29) is 0 Å². The number of aliphatic imine (C=N–C) groups is 1. The van der Waals surface area contributed by atoms with Gasteiger partial charge < -0.3 is 10.5 Å². The highest BCUT2D eigenvalue weighted by atomic mass is 16.5. The molecule has 68 valence electrons. The van der Waals surface area contributed by atoms with Gasteiger partial charge in [0.2, 0.25) is 0 Å². The maximum absolute atomic E-state index is 5.68. The van der Waals surface area contributed by atoms with Crippen LogP contribution >= 0.6 is 0 Å². The minimum atomic E-state index is 0.389. The Hall–Kier alpha value is -0.570. The van der Waals surface area contributed by atoms with Gasteiger partial charge in [-0.3, -0.25) is 4.99 Å². The Bertz CT molecular complexity index is 187. The van der Waals surface area contributed by atoms with Crippen molar-refractivity contribution in [2.75, 3.05) is 13.1 Å². The molecule has 1 saturated carbocycles. The average Bonchev–Trinajstić information content (AvgIpc) is 2.34. The molecule has 12 heavy (non-hydrogen) atoms. The molecular formula is C9H16N2O. The predicted molar refractivity (Wildman–Crippen MR) is 48.2 cm³/mol. The van der Waals surface area contributed by atoms with E-state index in [1.807, 2.05) is 0 Å². The van der Waals surface area contributed by atoms with Gasteiger partial charge in [0.15, 0.2) is 5.90 Å². The van der Waals surface area contributed by atoms with Gasteiger partial charge in [-0.1, -0.05) is 6.42 Å². The molecule has 1 aliphatic carbocycles. The predicted octanol–water partition coefficient (Wildman–Crippen LogP) is 0.933. The van der Waals surface area contributed by atoms with Gasteiger partial charge >= 0.3 is 0 Å². The first kappa shape index (κ1) is 8.05. The van der Waals surface area contributed by atoms with E-state index in [2.05, 4.69) is 4.99 Å². The van der Waals surface area contributed by atoms with E-state index >= 15 is 0 Å². The maximum atomic E-state index is 5.68. The van der Waals surface area contributed by atoms with Crippen LogP contribution in [0.25, 0.3) is 0 Å². The summed E-state index contributed by atoms with van der Waals surface area (Å²) in [7, 11) is 0. The molecule has 2 rings (SSSR count). The fourth-order valence-electron chi connectivity index (χ4n) is 1.76. The van der Waals surface area contributed by atoms with Gasteiger partial charge in [0.05, 0.1) is 6.54 Å². The van der Waals surface area contributed by atoms with E-state index in [1.165, 1.54) is 19.3 Å². The SMILES string of the molecule is NCCC1=NCC(C2CCC2)O1. The van der Waals surface area contributed by atoms with Crippen molar-refractivity contribution in [1.29, 1.82) is 0 Å². The summed E-state index contributed by atoms with van der Waals surface area (Å²) in [6.45, 7) is 1.52. The van der Waals surface area contributed by atoms with Crippen molar-refractivity contribution < 1.29 is 4.74 Å². The Kier molecular flexibility index (Phi) is 2.30. The third kappa shape index (κ3) is 1.46. The summed E-state index contributed by atoms with van der Waals surface area (Å²) in [6, 6.07) is 0. The Morgan fingerprint density at radius 3 is 2.92 bits per heavy atom. The lowest BCUT2D eigenvalue weighted by Crippen LogP contribution is -2.29. The first-order valence-electron chi connectivity index (χ1n) is 4.80. The zero-order chi connectivity index (χ0) is 8.39. The van der Waals surface area contributed by atoms with Gasteiger partial charge in [-0.2, -0.15) is 0 Å². The fourth-order valence-corrected chi connectivity index (χ4v) is 1.76. The van der Waals surface area contributed by atoms with Crippen molar-refractivity contribution in [2.24, 2.45) is 16.6 Å². The van der Waals surface area contributed by atoms with Gasteiger partial charge in [-0.15, -0.1) is 0 Å². The van der Waals surface area contributed by atoms with Gasteiger partial charge in [0.25, 0.3) is 0 Å². The van der Waals surface area contributed by atoms with Crippen LogP contribution < -0.4 is 5.73 Å².